The molecular weight excluding hydrogens is 182 g/mol. The normalized spacial score (nSPS) is 26.2. The molecule has 0 aromatic rings. The van der Waals surface area contributed by atoms with Gasteiger partial charge in [-0.15, -0.1) is 0 Å². The van der Waals surface area contributed by atoms with Crippen LogP contribution in [0.2, 0.25) is 0 Å². The minimum Gasteiger partial charge on any atom is -0.480 e. The molecule has 0 bridgehead atoms. The van der Waals surface area contributed by atoms with Crippen LogP contribution in [0.15, 0.2) is 0 Å². The fourth-order valence-electron chi connectivity index (χ4n) is 1.89. The van der Waals surface area contributed by atoms with Crippen LogP contribution in [0.5, 0.6) is 0 Å². The number of aliphatic carboxylic acids is 1. The van der Waals surface area contributed by atoms with E-state index in [0.29, 0.717) is 6.42 Å². The van der Waals surface area contributed by atoms with Gasteiger partial charge in [-0.3, -0.25) is 4.79 Å². The van der Waals surface area contributed by atoms with Crippen molar-refractivity contribution in [3.8, 4) is 0 Å². The number of amides is 1. The Kier molecular flexibility index (Phi) is 3.92. The summed E-state index contributed by atoms with van der Waals surface area (Å²) >= 11 is 0. The first kappa shape index (κ1) is 11.0. The SMILES string of the molecule is CCCCCC1CC(=O)NC1C(=O)O. The van der Waals surface area contributed by atoms with Gasteiger partial charge in [0.2, 0.25) is 5.91 Å². The van der Waals surface area contributed by atoms with E-state index in [9.17, 15) is 9.59 Å². The lowest BCUT2D eigenvalue weighted by Crippen LogP contribution is -2.36. The van der Waals surface area contributed by atoms with Crippen molar-refractivity contribution in [2.24, 2.45) is 5.92 Å². The fraction of sp³-hybridized carbons (Fsp3) is 0.800. The molecule has 14 heavy (non-hydrogen) atoms. The first-order valence-corrected chi connectivity index (χ1v) is 5.17. The number of nitrogens with one attached hydrogen (secondary N) is 1. The highest BCUT2D eigenvalue weighted by Gasteiger charge is 2.36. The molecule has 0 spiro atoms. The van der Waals surface area contributed by atoms with Gasteiger partial charge in [0.05, 0.1) is 0 Å². The van der Waals surface area contributed by atoms with E-state index in [2.05, 4.69) is 12.2 Å². The number of rotatable bonds is 5. The van der Waals surface area contributed by atoms with Gasteiger partial charge in [-0.25, -0.2) is 4.79 Å². The first-order valence-electron chi connectivity index (χ1n) is 5.17. The van der Waals surface area contributed by atoms with Crippen molar-refractivity contribution in [1.29, 1.82) is 0 Å². The van der Waals surface area contributed by atoms with Gasteiger partial charge in [-0.2, -0.15) is 0 Å². The zero-order chi connectivity index (χ0) is 10.6. The summed E-state index contributed by atoms with van der Waals surface area (Å²) in [6.45, 7) is 2.10. The quantitative estimate of drug-likeness (QED) is 0.653. The molecule has 0 aromatic carbocycles. The van der Waals surface area contributed by atoms with Crippen molar-refractivity contribution in [1.82, 2.24) is 5.32 Å². The topological polar surface area (TPSA) is 66.4 Å². The van der Waals surface area contributed by atoms with Crippen molar-refractivity contribution in [3.05, 3.63) is 0 Å². The maximum atomic E-state index is 11.0. The predicted molar refractivity (Wildman–Crippen MR) is 51.8 cm³/mol. The minimum atomic E-state index is -0.905. The lowest BCUT2D eigenvalue weighted by molar-refractivity contribution is -0.140. The minimum absolute atomic E-state index is 0.00782. The van der Waals surface area contributed by atoms with Gasteiger partial charge < -0.3 is 10.4 Å². The summed E-state index contributed by atoms with van der Waals surface area (Å²) in [5.74, 6) is -1.04. The average Bonchev–Trinajstić information content (AvgIpc) is 2.47. The predicted octanol–water partition coefficient (Wildman–Crippen LogP) is 1.16. The largest absolute Gasteiger partial charge is 0.480 e. The van der Waals surface area contributed by atoms with E-state index >= 15 is 0 Å². The molecule has 0 saturated carbocycles. The van der Waals surface area contributed by atoms with Crippen LogP contribution in [0.1, 0.15) is 39.0 Å². The number of hydrogen-bond donors (Lipinski definition) is 2. The van der Waals surface area contributed by atoms with E-state index in [4.69, 9.17) is 5.11 Å². The van der Waals surface area contributed by atoms with Crippen molar-refractivity contribution < 1.29 is 14.7 Å². The van der Waals surface area contributed by atoms with E-state index in [1.807, 2.05) is 0 Å². The molecule has 2 N–H and O–H groups in total. The summed E-state index contributed by atoms with van der Waals surface area (Å²) in [6, 6.07) is -0.653. The zero-order valence-electron chi connectivity index (χ0n) is 8.45. The van der Waals surface area contributed by atoms with Crippen LogP contribution in [0.25, 0.3) is 0 Å². The molecule has 0 radical (unpaired) electrons. The third-order valence-corrected chi connectivity index (χ3v) is 2.68. The number of hydrogen-bond acceptors (Lipinski definition) is 2. The van der Waals surface area contributed by atoms with Gasteiger partial charge in [0.1, 0.15) is 6.04 Å². The van der Waals surface area contributed by atoms with Crippen LogP contribution < -0.4 is 5.32 Å². The molecule has 0 aromatic heterocycles. The molecule has 1 fully saturated rings. The summed E-state index contributed by atoms with van der Waals surface area (Å²) in [7, 11) is 0. The highest BCUT2D eigenvalue weighted by molar-refractivity contribution is 5.87. The van der Waals surface area contributed by atoms with Gasteiger partial charge in [0.25, 0.3) is 0 Å². The molecule has 4 nitrogen and oxygen atoms in total. The van der Waals surface area contributed by atoms with Crippen molar-refractivity contribution in [3.63, 3.8) is 0 Å². The summed E-state index contributed by atoms with van der Waals surface area (Å²) < 4.78 is 0. The van der Waals surface area contributed by atoms with Crippen LogP contribution in [-0.4, -0.2) is 23.0 Å². The molecule has 2 atom stereocenters. The van der Waals surface area contributed by atoms with E-state index < -0.39 is 12.0 Å². The van der Waals surface area contributed by atoms with E-state index in [1.54, 1.807) is 0 Å². The van der Waals surface area contributed by atoms with Gasteiger partial charge in [-0.1, -0.05) is 26.2 Å². The molecule has 1 aliphatic rings. The number of carbonyl (C=O) groups is 2. The maximum Gasteiger partial charge on any atom is 0.326 e. The standard InChI is InChI=1S/C10H17NO3/c1-2-3-4-5-7-6-8(12)11-9(7)10(13)14/h7,9H,2-6H2,1H3,(H,11,12)(H,13,14). The van der Waals surface area contributed by atoms with Crippen LogP contribution in [0.3, 0.4) is 0 Å². The number of carboxylic acid groups (broad SMARTS) is 1. The number of unbranched alkanes of at least 4 members (excludes halogenated alkanes) is 2. The molecule has 1 saturated heterocycles. The summed E-state index contributed by atoms with van der Waals surface area (Å²) in [6.07, 6.45) is 4.45. The van der Waals surface area contributed by atoms with Gasteiger partial charge in [0, 0.05) is 6.42 Å². The Morgan fingerprint density at radius 1 is 1.57 bits per heavy atom. The molecule has 1 amide bonds. The second kappa shape index (κ2) is 4.98. The third kappa shape index (κ3) is 2.72. The average molecular weight is 199 g/mol. The molecule has 1 rings (SSSR count). The Bertz CT molecular complexity index is 227. The lowest BCUT2D eigenvalue weighted by Gasteiger charge is -2.13. The Morgan fingerprint density at radius 3 is 2.86 bits per heavy atom. The van der Waals surface area contributed by atoms with Crippen LogP contribution in [0.4, 0.5) is 0 Å². The van der Waals surface area contributed by atoms with Crippen molar-refractivity contribution in [2.45, 2.75) is 45.1 Å². The Balaban J connectivity index is 2.41. The smallest absolute Gasteiger partial charge is 0.326 e. The molecule has 2 unspecified atom stereocenters. The molecular formula is C10H17NO3. The molecule has 1 heterocycles. The fourth-order valence-corrected chi connectivity index (χ4v) is 1.89. The highest BCUT2D eigenvalue weighted by atomic mass is 16.4. The number of carbonyl (C=O) groups excluding carboxylic acids is 1. The Hall–Kier alpha value is -1.06. The first-order chi connectivity index (χ1) is 6.65. The lowest BCUT2D eigenvalue weighted by atomic mass is 9.94. The molecule has 1 aliphatic heterocycles. The van der Waals surface area contributed by atoms with Crippen LogP contribution in [0, 0.1) is 5.92 Å². The van der Waals surface area contributed by atoms with Gasteiger partial charge >= 0.3 is 5.97 Å². The molecule has 0 aliphatic carbocycles. The van der Waals surface area contributed by atoms with E-state index in [-0.39, 0.29) is 11.8 Å². The van der Waals surface area contributed by atoms with Gasteiger partial charge in [-0.05, 0) is 12.3 Å². The maximum absolute atomic E-state index is 11.0. The van der Waals surface area contributed by atoms with Crippen molar-refractivity contribution >= 4 is 11.9 Å². The Labute approximate surface area is 83.7 Å². The van der Waals surface area contributed by atoms with Crippen molar-refractivity contribution in [2.75, 3.05) is 0 Å². The summed E-state index contributed by atoms with van der Waals surface area (Å²) in [4.78, 5) is 21.8. The Morgan fingerprint density at radius 2 is 2.29 bits per heavy atom. The summed E-state index contributed by atoms with van der Waals surface area (Å²) in [5, 5.41) is 11.3. The third-order valence-electron chi connectivity index (χ3n) is 2.68. The molecule has 80 valence electrons. The monoisotopic (exact) mass is 199 g/mol. The molecule has 4 heteroatoms. The van der Waals surface area contributed by atoms with Gasteiger partial charge in [0.15, 0.2) is 0 Å². The van der Waals surface area contributed by atoms with Crippen LogP contribution >= 0.6 is 0 Å². The second-order valence-corrected chi connectivity index (χ2v) is 3.84. The zero-order valence-corrected chi connectivity index (χ0v) is 8.45. The van der Waals surface area contributed by atoms with E-state index in [0.717, 1.165) is 25.7 Å². The van der Waals surface area contributed by atoms with E-state index in [1.165, 1.54) is 0 Å². The van der Waals surface area contributed by atoms with Crippen LogP contribution in [-0.2, 0) is 9.59 Å². The highest BCUT2D eigenvalue weighted by Crippen LogP contribution is 2.23. The second-order valence-electron chi connectivity index (χ2n) is 3.84. The summed E-state index contributed by atoms with van der Waals surface area (Å²) in [5.41, 5.74) is 0. The number of carboxylic acids is 1.